The average Bonchev–Trinajstić information content (AvgIpc) is 2.06. The van der Waals surface area contributed by atoms with Gasteiger partial charge in [0.05, 0.1) is 6.61 Å². The molecule has 66 valence electrons. The van der Waals surface area contributed by atoms with E-state index in [-0.39, 0.29) is 58.0 Å². The van der Waals surface area contributed by atoms with E-state index >= 15 is 0 Å². The van der Waals surface area contributed by atoms with Crippen LogP contribution < -0.4 is 0 Å². The second kappa shape index (κ2) is 12.7. The molecular weight excluding hydrogens is 270 g/mol. The van der Waals surface area contributed by atoms with Crippen molar-refractivity contribution in [2.75, 3.05) is 11.9 Å². The van der Waals surface area contributed by atoms with Crippen LogP contribution in [0.15, 0.2) is 0 Å². The van der Waals surface area contributed by atoms with Gasteiger partial charge >= 0.3 is 58.7 Å². The molecule has 0 atom stereocenters. The number of alkyl halides is 1. The summed E-state index contributed by atoms with van der Waals surface area (Å²) in [5.41, 5.74) is 0. The van der Waals surface area contributed by atoms with Crippen LogP contribution in [0.4, 0.5) is 0 Å². The number of hydrogen-bond acceptors (Lipinski definition) is 6. The van der Waals surface area contributed by atoms with Crippen molar-refractivity contribution in [1.29, 1.82) is 10.5 Å². The van der Waals surface area contributed by atoms with E-state index in [1.807, 2.05) is 0 Å². The Balaban J connectivity index is 0. The van der Waals surface area contributed by atoms with Crippen LogP contribution in [0.2, 0.25) is 0 Å². The third-order valence-corrected chi connectivity index (χ3v) is 0.929. The fourth-order valence-electron chi connectivity index (χ4n) is 0.285. The molecule has 0 N–H and O–H groups in total. The van der Waals surface area contributed by atoms with Gasteiger partial charge in [-0.1, -0.05) is 15.9 Å². The summed E-state index contributed by atoms with van der Waals surface area (Å²) in [7, 11) is -1.43. The molecule has 0 rings (SSSR count). The van der Waals surface area contributed by atoms with Crippen molar-refractivity contribution in [3.05, 3.63) is 0 Å². The van der Waals surface area contributed by atoms with Crippen LogP contribution >= 0.6 is 15.9 Å². The maximum absolute atomic E-state index is 8.01. The van der Waals surface area contributed by atoms with E-state index in [9.17, 15) is 0 Å². The van der Waals surface area contributed by atoms with Crippen LogP contribution in [0.1, 0.15) is 0 Å². The van der Waals surface area contributed by atoms with Crippen molar-refractivity contribution in [3.8, 4) is 12.5 Å². The Kier molecular flexibility index (Phi) is 15.7. The molecule has 0 aromatic carbocycles. The molecule has 0 bridgehead atoms. The Bertz CT molecular complexity index is 180. The molecule has 0 aromatic rings. The molecule has 0 amide bonds. The van der Waals surface area contributed by atoms with Gasteiger partial charge in [0.2, 0.25) is 0 Å². The minimum absolute atomic E-state index is 0. The zero-order valence-corrected chi connectivity index (χ0v) is 7.48. The summed E-state index contributed by atoms with van der Waals surface area (Å²) in [6, 6.07) is 0. The van der Waals surface area contributed by atoms with Crippen molar-refractivity contribution >= 4 is 74.6 Å². The normalized spacial score (nSPS) is 7.31. The number of nitriles is 2. The van der Waals surface area contributed by atoms with E-state index in [4.69, 9.17) is 10.5 Å². The predicted molar refractivity (Wildman–Crippen MR) is 47.1 cm³/mol. The van der Waals surface area contributed by atoms with Crippen LogP contribution in [-0.2, 0) is 19.0 Å². The molecule has 0 saturated heterocycles. The van der Waals surface area contributed by atoms with Crippen molar-refractivity contribution in [2.24, 2.45) is 0 Å². The van der Waals surface area contributed by atoms with Gasteiger partial charge in [0.15, 0.2) is 0 Å². The molecule has 0 radical (unpaired) electrons. The Hall–Kier alpha value is 0.681. The molecule has 9 heteroatoms. The van der Waals surface area contributed by atoms with E-state index in [1.165, 1.54) is 12.5 Å². The van der Waals surface area contributed by atoms with Crippen LogP contribution in [-0.4, -0.2) is 70.6 Å². The number of halogens is 1. The van der Waals surface area contributed by atoms with E-state index in [0.717, 1.165) is 0 Å². The van der Waals surface area contributed by atoms with Gasteiger partial charge in [0.25, 0.3) is 12.5 Å². The predicted octanol–water partition coefficient (Wildman–Crippen LogP) is -0.339. The average molecular weight is 275 g/mol. The molecule has 13 heavy (non-hydrogen) atoms. The fraction of sp³-hybridized carbons (Fsp3) is 0.500. The Labute approximate surface area is 127 Å². The van der Waals surface area contributed by atoms with Gasteiger partial charge in [-0.2, -0.15) is 10.5 Å². The van der Waals surface area contributed by atoms with Crippen LogP contribution in [0.25, 0.3) is 0 Å². The summed E-state index contributed by atoms with van der Waals surface area (Å²) >= 11 is 3.06. The van der Waals surface area contributed by atoms with Crippen LogP contribution in [0, 0.1) is 23.0 Å². The van der Waals surface area contributed by atoms with Gasteiger partial charge in [0.1, 0.15) is 0 Å². The van der Waals surface area contributed by atoms with Gasteiger partial charge in [0, 0.05) is 5.33 Å². The summed E-state index contributed by atoms with van der Waals surface area (Å²) in [4.78, 5) is 8.79. The number of rotatable bonds is 6. The topological polar surface area (TPSA) is 84.5 Å². The van der Waals surface area contributed by atoms with Crippen molar-refractivity contribution in [2.45, 2.75) is 0 Å². The first-order chi connectivity index (χ1) is 5.85. The Morgan fingerprint density at radius 3 is 2.15 bits per heavy atom. The van der Waals surface area contributed by atoms with Crippen LogP contribution in [0.3, 0.4) is 0 Å². The van der Waals surface area contributed by atoms with Gasteiger partial charge in [-0.05, 0) is 0 Å². The summed E-state index contributed by atoms with van der Waals surface area (Å²) in [5, 5.41) is 16.6. The van der Waals surface area contributed by atoms with E-state index < -0.39 is 7.32 Å². The summed E-state index contributed by atoms with van der Waals surface area (Å²) < 4.78 is 8.25. The second-order valence-electron chi connectivity index (χ2n) is 1.31. The molecular formula is C4H5BBrKN2O4. The first kappa shape index (κ1) is 16.1. The van der Waals surface area contributed by atoms with Crippen molar-refractivity contribution in [1.82, 2.24) is 0 Å². The van der Waals surface area contributed by atoms with Gasteiger partial charge in [-0.15, -0.1) is 0 Å². The first-order valence-electron chi connectivity index (χ1n) is 2.79. The first-order valence-corrected chi connectivity index (χ1v) is 3.91. The molecule has 0 spiro atoms. The Morgan fingerprint density at radius 2 is 1.77 bits per heavy atom. The minimum atomic E-state index is -1.43. The Morgan fingerprint density at radius 1 is 1.23 bits per heavy atom. The molecule has 0 unspecified atom stereocenters. The summed E-state index contributed by atoms with van der Waals surface area (Å²) in [6.07, 6.45) is 2.57. The number of hydrogen-bond donors (Lipinski definition) is 0. The molecule has 0 aliphatic rings. The third-order valence-electron chi connectivity index (χ3n) is 0.605. The summed E-state index contributed by atoms with van der Waals surface area (Å²) in [6.45, 7) is 0.250. The van der Waals surface area contributed by atoms with Gasteiger partial charge in [-0.25, -0.2) is 9.69 Å². The molecule has 6 nitrogen and oxygen atoms in total. The van der Waals surface area contributed by atoms with Gasteiger partial charge in [-0.3, -0.25) is 0 Å². The fourth-order valence-corrected chi connectivity index (χ4v) is 0.417. The standard InChI is InChI=1S/C4H4BBrN2O4.K.H/c6-1-2-11-12-5(9-3-7)10-4-8;;/h1-2H2;;. The third kappa shape index (κ3) is 10.6. The quantitative estimate of drug-likeness (QED) is 0.165. The SMILES string of the molecule is N#COB(OC#N)OOCCBr.[KH]. The maximum atomic E-state index is 8.01. The van der Waals surface area contributed by atoms with Crippen molar-refractivity contribution in [3.63, 3.8) is 0 Å². The number of nitrogens with zero attached hydrogens (tertiary/aromatic N) is 2. The molecule has 0 saturated carbocycles. The zero-order chi connectivity index (χ0) is 9.23. The second-order valence-corrected chi connectivity index (χ2v) is 2.11. The molecule has 0 aliphatic carbocycles. The molecule has 0 heterocycles. The van der Waals surface area contributed by atoms with Crippen LogP contribution in [0.5, 0.6) is 0 Å². The van der Waals surface area contributed by atoms with E-state index in [0.29, 0.717) is 5.33 Å². The molecule has 0 aromatic heterocycles. The van der Waals surface area contributed by atoms with Gasteiger partial charge < -0.3 is 9.31 Å². The molecule has 0 fully saturated rings. The van der Waals surface area contributed by atoms with E-state index in [2.05, 4.69) is 34.9 Å². The molecule has 0 aliphatic heterocycles. The summed E-state index contributed by atoms with van der Waals surface area (Å²) in [5.74, 6) is 0. The zero-order valence-electron chi connectivity index (χ0n) is 5.90. The van der Waals surface area contributed by atoms with Crippen molar-refractivity contribution < 1.29 is 19.0 Å². The van der Waals surface area contributed by atoms with E-state index in [1.54, 1.807) is 0 Å². The monoisotopic (exact) mass is 274 g/mol.